The Balaban J connectivity index is 1.75. The minimum absolute atomic E-state index is 0.162. The molecule has 0 aromatic heterocycles. The molecule has 4 heteroatoms. The van der Waals surface area contributed by atoms with E-state index in [4.69, 9.17) is 9.47 Å². The van der Waals surface area contributed by atoms with Gasteiger partial charge in [-0.15, -0.1) is 0 Å². The first-order chi connectivity index (χ1) is 17.1. The van der Waals surface area contributed by atoms with E-state index in [1.807, 2.05) is 72.8 Å². The number of hydrogen-bond acceptors (Lipinski definition) is 4. The molecule has 0 saturated carbocycles. The van der Waals surface area contributed by atoms with Gasteiger partial charge >= 0.3 is 5.97 Å². The molecular formula is C31H31NO3. The van der Waals surface area contributed by atoms with Gasteiger partial charge in [0, 0.05) is 0 Å². The summed E-state index contributed by atoms with van der Waals surface area (Å²) >= 11 is 0. The zero-order valence-corrected chi connectivity index (χ0v) is 20.2. The average Bonchev–Trinajstić information content (AvgIpc) is 2.93. The molecule has 35 heavy (non-hydrogen) atoms. The molecule has 4 aromatic carbocycles. The van der Waals surface area contributed by atoms with Gasteiger partial charge in [-0.1, -0.05) is 115 Å². The molecule has 0 saturated heterocycles. The summed E-state index contributed by atoms with van der Waals surface area (Å²) in [6.45, 7) is 2.63. The minimum atomic E-state index is -0.797. The normalized spacial score (nSPS) is 12.2. The van der Waals surface area contributed by atoms with Crippen molar-refractivity contribution in [2.75, 3.05) is 13.7 Å². The highest BCUT2D eigenvalue weighted by Gasteiger charge is 2.40. The van der Waals surface area contributed by atoms with Crippen LogP contribution < -0.4 is 5.32 Å². The van der Waals surface area contributed by atoms with Crippen LogP contribution in [0.5, 0.6) is 0 Å². The monoisotopic (exact) mass is 465 g/mol. The molecule has 178 valence electrons. The number of benzene rings is 4. The Kier molecular flexibility index (Phi) is 8.09. The molecule has 1 N–H and O–H groups in total. The summed E-state index contributed by atoms with van der Waals surface area (Å²) in [6, 6.07) is 37.9. The van der Waals surface area contributed by atoms with E-state index in [0.29, 0.717) is 6.61 Å². The van der Waals surface area contributed by atoms with Gasteiger partial charge in [0.1, 0.15) is 6.04 Å². The molecule has 0 fully saturated rings. The van der Waals surface area contributed by atoms with Crippen LogP contribution in [0, 0.1) is 6.92 Å². The van der Waals surface area contributed by atoms with Crippen molar-refractivity contribution in [1.82, 2.24) is 5.32 Å². The fourth-order valence-electron chi connectivity index (χ4n) is 4.45. The molecule has 4 nitrogen and oxygen atoms in total. The summed E-state index contributed by atoms with van der Waals surface area (Å²) in [4.78, 5) is 13.0. The van der Waals surface area contributed by atoms with E-state index < -0.39 is 11.6 Å². The number of aryl methyl sites for hydroxylation is 1. The molecule has 0 aliphatic carbocycles. The maximum absolute atomic E-state index is 13.0. The van der Waals surface area contributed by atoms with Crippen molar-refractivity contribution in [1.29, 1.82) is 0 Å². The Morgan fingerprint density at radius 2 is 1.20 bits per heavy atom. The zero-order valence-electron chi connectivity index (χ0n) is 20.2. The van der Waals surface area contributed by atoms with Gasteiger partial charge in [0.25, 0.3) is 0 Å². The van der Waals surface area contributed by atoms with E-state index in [1.165, 1.54) is 7.11 Å². The number of hydrogen-bond donors (Lipinski definition) is 1. The molecule has 0 heterocycles. The largest absolute Gasteiger partial charge is 0.468 e. The molecule has 0 aliphatic heterocycles. The predicted molar refractivity (Wildman–Crippen MR) is 139 cm³/mol. The highest BCUT2D eigenvalue weighted by Crippen LogP contribution is 2.37. The molecule has 4 aromatic rings. The molecule has 0 spiro atoms. The van der Waals surface area contributed by atoms with Crippen LogP contribution in [-0.2, 0) is 26.4 Å². The predicted octanol–water partition coefficient (Wildman–Crippen LogP) is 5.63. The quantitative estimate of drug-likeness (QED) is 0.243. The lowest BCUT2D eigenvalue weighted by molar-refractivity contribution is -0.145. The summed E-state index contributed by atoms with van der Waals surface area (Å²) in [5, 5.41) is 3.67. The Labute approximate surface area is 207 Å². The summed E-state index contributed by atoms with van der Waals surface area (Å²) < 4.78 is 11.3. The second-order valence-electron chi connectivity index (χ2n) is 8.51. The van der Waals surface area contributed by atoms with E-state index in [2.05, 4.69) is 54.7 Å². The van der Waals surface area contributed by atoms with E-state index in [1.54, 1.807) is 0 Å². The molecule has 1 atom stereocenters. The third kappa shape index (κ3) is 5.51. The first kappa shape index (κ1) is 24.4. The van der Waals surface area contributed by atoms with Crippen molar-refractivity contribution in [3.8, 4) is 0 Å². The smallest absolute Gasteiger partial charge is 0.325 e. The fraction of sp³-hybridized carbons (Fsp3) is 0.194. The number of methoxy groups -OCH3 is 1. The topological polar surface area (TPSA) is 47.6 Å². The van der Waals surface area contributed by atoms with Crippen molar-refractivity contribution in [3.63, 3.8) is 0 Å². The second kappa shape index (κ2) is 11.6. The van der Waals surface area contributed by atoms with Crippen LogP contribution in [0.1, 0.15) is 27.8 Å². The molecule has 0 unspecified atom stereocenters. The Morgan fingerprint density at radius 1 is 0.743 bits per heavy atom. The van der Waals surface area contributed by atoms with Crippen LogP contribution in [0.2, 0.25) is 0 Å². The fourth-order valence-corrected chi connectivity index (χ4v) is 4.45. The SMILES string of the molecule is COC(=O)[C@H](COCc1ccccc1C)NC(c1ccccc1)(c1ccccc1)c1ccccc1. The molecule has 0 aliphatic rings. The highest BCUT2D eigenvalue weighted by atomic mass is 16.5. The van der Waals surface area contributed by atoms with Gasteiger partial charge in [0.05, 0.1) is 25.9 Å². The van der Waals surface area contributed by atoms with Crippen molar-refractivity contribution in [2.24, 2.45) is 0 Å². The molecule has 4 rings (SSSR count). The molecular weight excluding hydrogens is 434 g/mol. The highest BCUT2D eigenvalue weighted by molar-refractivity contribution is 5.76. The van der Waals surface area contributed by atoms with Crippen molar-refractivity contribution in [2.45, 2.75) is 25.1 Å². The standard InChI is InChI=1S/C31H31NO3/c1-24-14-12-13-15-25(24)22-35-23-29(30(33)34-2)32-31(26-16-6-3-7-17-26,27-18-8-4-9-19-27)28-20-10-5-11-21-28/h3-21,29,32H,22-23H2,1-2H3/t29-/m0/s1. The van der Waals surface area contributed by atoms with Gasteiger partial charge in [0.2, 0.25) is 0 Å². The zero-order chi connectivity index (χ0) is 24.5. The number of nitrogens with one attached hydrogen (secondary N) is 1. The third-order valence-electron chi connectivity index (χ3n) is 6.30. The van der Waals surface area contributed by atoms with Gasteiger partial charge in [0.15, 0.2) is 0 Å². The van der Waals surface area contributed by atoms with Crippen molar-refractivity contribution < 1.29 is 14.3 Å². The van der Waals surface area contributed by atoms with Crippen LogP contribution in [0.3, 0.4) is 0 Å². The summed E-state index contributed by atoms with van der Waals surface area (Å²) in [6.07, 6.45) is 0. The molecule has 0 amide bonds. The van der Waals surface area contributed by atoms with Crippen LogP contribution in [0.25, 0.3) is 0 Å². The van der Waals surface area contributed by atoms with Crippen LogP contribution in [0.15, 0.2) is 115 Å². The lowest BCUT2D eigenvalue weighted by atomic mass is 9.76. The Hall–Kier alpha value is -3.73. The van der Waals surface area contributed by atoms with E-state index in [9.17, 15) is 4.79 Å². The number of ether oxygens (including phenoxy) is 2. The Bertz CT molecular complexity index is 1110. The lowest BCUT2D eigenvalue weighted by Crippen LogP contribution is -2.54. The van der Waals surface area contributed by atoms with E-state index in [0.717, 1.165) is 27.8 Å². The lowest BCUT2D eigenvalue weighted by Gasteiger charge is -2.39. The summed E-state index contributed by atoms with van der Waals surface area (Å²) in [5.74, 6) is -0.373. The van der Waals surface area contributed by atoms with E-state index in [-0.39, 0.29) is 12.6 Å². The maximum atomic E-state index is 13.0. The summed E-state index contributed by atoms with van der Waals surface area (Å²) in [5.41, 5.74) is 4.51. The number of carbonyl (C=O) groups is 1. The van der Waals surface area contributed by atoms with Gasteiger partial charge in [-0.2, -0.15) is 0 Å². The maximum Gasteiger partial charge on any atom is 0.325 e. The minimum Gasteiger partial charge on any atom is -0.468 e. The van der Waals surface area contributed by atoms with Crippen LogP contribution in [-0.4, -0.2) is 25.7 Å². The van der Waals surface area contributed by atoms with Gasteiger partial charge in [-0.05, 0) is 34.7 Å². The average molecular weight is 466 g/mol. The Morgan fingerprint density at radius 3 is 1.66 bits per heavy atom. The van der Waals surface area contributed by atoms with Crippen molar-refractivity contribution >= 4 is 5.97 Å². The second-order valence-corrected chi connectivity index (χ2v) is 8.51. The van der Waals surface area contributed by atoms with Gasteiger partial charge in [-0.3, -0.25) is 10.1 Å². The number of carbonyl (C=O) groups excluding carboxylic acids is 1. The van der Waals surface area contributed by atoms with Crippen molar-refractivity contribution in [3.05, 3.63) is 143 Å². The van der Waals surface area contributed by atoms with Gasteiger partial charge in [-0.25, -0.2) is 0 Å². The number of esters is 1. The first-order valence-corrected chi connectivity index (χ1v) is 11.8. The molecule has 0 bridgehead atoms. The third-order valence-corrected chi connectivity index (χ3v) is 6.30. The summed E-state index contributed by atoms with van der Waals surface area (Å²) in [7, 11) is 1.41. The first-order valence-electron chi connectivity index (χ1n) is 11.8. The number of rotatable bonds is 10. The van der Waals surface area contributed by atoms with Gasteiger partial charge < -0.3 is 9.47 Å². The van der Waals surface area contributed by atoms with Crippen LogP contribution in [0.4, 0.5) is 0 Å². The van der Waals surface area contributed by atoms with E-state index >= 15 is 0 Å². The molecule has 0 radical (unpaired) electrons. The van der Waals surface area contributed by atoms with Crippen LogP contribution >= 0.6 is 0 Å².